The lowest BCUT2D eigenvalue weighted by Crippen LogP contribution is -2.43. The summed E-state index contributed by atoms with van der Waals surface area (Å²) in [6.07, 6.45) is 5.26. The van der Waals surface area contributed by atoms with Crippen molar-refractivity contribution in [2.75, 3.05) is 0 Å². The number of nitrogens with two attached hydrogens (primary N) is 1. The van der Waals surface area contributed by atoms with Crippen LogP contribution in [0.3, 0.4) is 0 Å². The number of carboxylic acids is 1. The standard InChI is InChI=1S/C8H15NO2.H2O4S/c9-8(6-7(10)11)4-2-1-3-5-8;1-5(2,3)4/h1-6,9H2,(H,10,11);(H2,1,2,3,4). The van der Waals surface area contributed by atoms with Crippen molar-refractivity contribution in [1.29, 1.82) is 0 Å². The molecule has 8 heteroatoms. The smallest absolute Gasteiger partial charge is 0.394 e. The third-order valence-electron chi connectivity index (χ3n) is 2.35. The Hall–Kier alpha value is -0.700. The van der Waals surface area contributed by atoms with Crippen LogP contribution in [0.4, 0.5) is 0 Å². The minimum absolute atomic E-state index is 0.132. The molecule has 0 unspecified atom stereocenters. The Morgan fingerprint density at radius 3 is 1.88 bits per heavy atom. The van der Waals surface area contributed by atoms with E-state index in [1.807, 2.05) is 0 Å². The number of carboxylic acid groups (broad SMARTS) is 1. The van der Waals surface area contributed by atoms with E-state index in [0.717, 1.165) is 25.7 Å². The van der Waals surface area contributed by atoms with E-state index in [1.54, 1.807) is 0 Å². The number of hydrogen-bond donors (Lipinski definition) is 4. The minimum Gasteiger partial charge on any atom is -0.481 e. The molecular weight excluding hydrogens is 238 g/mol. The van der Waals surface area contributed by atoms with Crippen LogP contribution in [0.5, 0.6) is 0 Å². The summed E-state index contributed by atoms with van der Waals surface area (Å²) in [7, 11) is -4.67. The molecule has 0 heterocycles. The topological polar surface area (TPSA) is 138 Å². The first kappa shape index (κ1) is 15.3. The van der Waals surface area contributed by atoms with Crippen LogP contribution >= 0.6 is 0 Å². The molecule has 1 saturated carbocycles. The van der Waals surface area contributed by atoms with Gasteiger partial charge in [0, 0.05) is 5.54 Å². The molecule has 1 aliphatic carbocycles. The van der Waals surface area contributed by atoms with E-state index >= 15 is 0 Å². The van der Waals surface area contributed by atoms with E-state index < -0.39 is 21.9 Å². The van der Waals surface area contributed by atoms with Crippen molar-refractivity contribution in [3.63, 3.8) is 0 Å². The predicted octanol–water partition coefficient (Wildman–Crippen LogP) is 0.470. The molecule has 0 spiro atoms. The van der Waals surface area contributed by atoms with Crippen LogP contribution in [0.1, 0.15) is 38.5 Å². The summed E-state index contributed by atoms with van der Waals surface area (Å²) in [6, 6.07) is 0. The Labute approximate surface area is 94.2 Å². The van der Waals surface area contributed by atoms with Gasteiger partial charge in [0.05, 0.1) is 6.42 Å². The molecule has 1 aliphatic rings. The molecule has 0 aromatic carbocycles. The van der Waals surface area contributed by atoms with Crippen LogP contribution in [0, 0.1) is 0 Å². The van der Waals surface area contributed by atoms with Gasteiger partial charge in [-0.2, -0.15) is 8.42 Å². The second-order valence-electron chi connectivity index (χ2n) is 3.94. The molecule has 0 atom stereocenters. The van der Waals surface area contributed by atoms with Crippen LogP contribution in [-0.4, -0.2) is 34.1 Å². The van der Waals surface area contributed by atoms with Gasteiger partial charge in [-0.1, -0.05) is 19.3 Å². The van der Waals surface area contributed by atoms with Crippen molar-refractivity contribution in [3.8, 4) is 0 Å². The monoisotopic (exact) mass is 255 g/mol. The molecule has 1 fully saturated rings. The van der Waals surface area contributed by atoms with Gasteiger partial charge in [-0.3, -0.25) is 13.9 Å². The maximum Gasteiger partial charge on any atom is 0.394 e. The molecule has 7 nitrogen and oxygen atoms in total. The molecule has 0 aliphatic heterocycles. The molecule has 96 valence electrons. The largest absolute Gasteiger partial charge is 0.481 e. The van der Waals surface area contributed by atoms with Crippen molar-refractivity contribution >= 4 is 16.4 Å². The molecular formula is C8H17NO6S. The SMILES string of the molecule is NC1(CC(=O)O)CCCCC1.O=S(=O)(O)O. The lowest BCUT2D eigenvalue weighted by molar-refractivity contribution is -0.138. The van der Waals surface area contributed by atoms with Gasteiger partial charge in [-0.05, 0) is 12.8 Å². The van der Waals surface area contributed by atoms with Crippen molar-refractivity contribution in [2.24, 2.45) is 5.73 Å². The van der Waals surface area contributed by atoms with Gasteiger partial charge in [0.2, 0.25) is 0 Å². The molecule has 5 N–H and O–H groups in total. The van der Waals surface area contributed by atoms with Crippen LogP contribution < -0.4 is 5.73 Å². The zero-order valence-electron chi connectivity index (χ0n) is 8.79. The van der Waals surface area contributed by atoms with Crippen molar-refractivity contribution in [3.05, 3.63) is 0 Å². The van der Waals surface area contributed by atoms with Crippen LogP contribution in [0.2, 0.25) is 0 Å². The minimum atomic E-state index is -4.67. The van der Waals surface area contributed by atoms with E-state index in [9.17, 15) is 4.79 Å². The summed E-state index contributed by atoms with van der Waals surface area (Å²) in [5.74, 6) is -0.769. The molecule has 0 saturated heterocycles. The number of aliphatic carboxylic acids is 1. The Morgan fingerprint density at radius 1 is 1.19 bits per heavy atom. The second-order valence-corrected chi connectivity index (χ2v) is 4.84. The van der Waals surface area contributed by atoms with Gasteiger partial charge in [0.25, 0.3) is 0 Å². The Morgan fingerprint density at radius 2 is 1.56 bits per heavy atom. The van der Waals surface area contributed by atoms with Gasteiger partial charge in [-0.15, -0.1) is 0 Å². The van der Waals surface area contributed by atoms with E-state index in [0.29, 0.717) is 0 Å². The highest BCUT2D eigenvalue weighted by Gasteiger charge is 2.29. The Balaban J connectivity index is 0.000000385. The lowest BCUT2D eigenvalue weighted by Gasteiger charge is -2.31. The first-order valence-electron chi connectivity index (χ1n) is 4.83. The predicted molar refractivity (Wildman–Crippen MR) is 56.4 cm³/mol. The van der Waals surface area contributed by atoms with E-state index in [-0.39, 0.29) is 6.42 Å². The average Bonchev–Trinajstić information content (AvgIpc) is 1.99. The average molecular weight is 255 g/mol. The van der Waals surface area contributed by atoms with Crippen molar-refractivity contribution in [2.45, 2.75) is 44.1 Å². The number of carbonyl (C=O) groups is 1. The lowest BCUT2D eigenvalue weighted by atomic mass is 9.80. The van der Waals surface area contributed by atoms with Crippen molar-refractivity contribution < 1.29 is 27.4 Å². The molecule has 0 radical (unpaired) electrons. The normalized spacial score (nSPS) is 19.4. The molecule has 1 rings (SSSR count). The summed E-state index contributed by atoms with van der Waals surface area (Å²) in [4.78, 5) is 10.4. The highest BCUT2D eigenvalue weighted by Crippen LogP contribution is 2.28. The highest BCUT2D eigenvalue weighted by molar-refractivity contribution is 7.79. The van der Waals surface area contributed by atoms with E-state index in [1.165, 1.54) is 6.42 Å². The number of rotatable bonds is 2. The molecule has 0 bridgehead atoms. The van der Waals surface area contributed by atoms with Crippen LogP contribution in [0.25, 0.3) is 0 Å². The third kappa shape index (κ3) is 9.84. The molecule has 0 amide bonds. The number of hydrogen-bond acceptors (Lipinski definition) is 4. The highest BCUT2D eigenvalue weighted by atomic mass is 32.3. The summed E-state index contributed by atoms with van der Waals surface area (Å²) in [5, 5.41) is 8.55. The summed E-state index contributed by atoms with van der Waals surface area (Å²) in [5.41, 5.74) is 5.48. The Bertz CT molecular complexity index is 311. The van der Waals surface area contributed by atoms with Gasteiger partial charge >= 0.3 is 16.4 Å². The fraction of sp³-hybridized carbons (Fsp3) is 0.875. The second kappa shape index (κ2) is 6.14. The fourth-order valence-electron chi connectivity index (χ4n) is 1.73. The van der Waals surface area contributed by atoms with Gasteiger partial charge in [-0.25, -0.2) is 0 Å². The fourth-order valence-corrected chi connectivity index (χ4v) is 1.73. The van der Waals surface area contributed by atoms with E-state index in [2.05, 4.69) is 0 Å². The van der Waals surface area contributed by atoms with Gasteiger partial charge in [0.15, 0.2) is 0 Å². The zero-order chi connectivity index (χ0) is 12.8. The van der Waals surface area contributed by atoms with Crippen LogP contribution in [0.15, 0.2) is 0 Å². The Kier molecular flexibility index (Phi) is 5.87. The summed E-state index contributed by atoms with van der Waals surface area (Å²) in [6.45, 7) is 0. The molecule has 0 aromatic rings. The quantitative estimate of drug-likeness (QED) is 0.526. The first-order chi connectivity index (χ1) is 7.12. The summed E-state index contributed by atoms with van der Waals surface area (Å²) < 4.78 is 31.6. The van der Waals surface area contributed by atoms with Gasteiger partial charge in [0.1, 0.15) is 0 Å². The first-order valence-corrected chi connectivity index (χ1v) is 6.23. The van der Waals surface area contributed by atoms with Crippen molar-refractivity contribution in [1.82, 2.24) is 0 Å². The molecule has 16 heavy (non-hydrogen) atoms. The summed E-state index contributed by atoms with van der Waals surface area (Å²) >= 11 is 0. The van der Waals surface area contributed by atoms with E-state index in [4.69, 9.17) is 28.4 Å². The maximum atomic E-state index is 10.4. The third-order valence-corrected chi connectivity index (χ3v) is 2.35. The van der Waals surface area contributed by atoms with Crippen LogP contribution in [-0.2, 0) is 15.2 Å². The van der Waals surface area contributed by atoms with Gasteiger partial charge < -0.3 is 10.8 Å². The maximum absolute atomic E-state index is 10.4. The zero-order valence-corrected chi connectivity index (χ0v) is 9.61. The molecule has 0 aromatic heterocycles.